The Hall–Kier alpha value is -3.58. The molecule has 2 aromatic heterocycles. The minimum atomic E-state index is 0.165. The van der Waals surface area contributed by atoms with E-state index in [0.717, 1.165) is 54.9 Å². The van der Waals surface area contributed by atoms with Gasteiger partial charge in [-0.1, -0.05) is 60.5 Å². The van der Waals surface area contributed by atoms with Crippen LogP contribution in [0.4, 0.5) is 5.82 Å². The van der Waals surface area contributed by atoms with Gasteiger partial charge in [0, 0.05) is 32.3 Å². The maximum atomic E-state index is 11.6. The number of carbonyl (C=O) groups is 1. The second kappa shape index (κ2) is 11.5. The Balaban J connectivity index is 0.00000158. The third-order valence-electron chi connectivity index (χ3n) is 5.62. The smallest absolute Gasteiger partial charge is 0.196 e. The van der Waals surface area contributed by atoms with Crippen molar-refractivity contribution < 1.29 is 9.90 Å². The van der Waals surface area contributed by atoms with E-state index >= 15 is 0 Å². The molecular weight excluding hydrogens is 426 g/mol. The number of nitrogens with zero attached hydrogens (tertiary/aromatic N) is 5. The number of fused-ring (bicyclic) bond motifs is 1. The third-order valence-corrected chi connectivity index (χ3v) is 5.62. The highest BCUT2D eigenvalue weighted by molar-refractivity contribution is 5.90. The zero-order chi connectivity index (χ0) is 24.7. The number of aromatic nitrogens is 4. The number of hydrogen-bond donors (Lipinski definition) is 1. The highest BCUT2D eigenvalue weighted by Gasteiger charge is 2.22. The van der Waals surface area contributed by atoms with Crippen molar-refractivity contribution in [3.05, 3.63) is 71.0 Å². The molecule has 2 heterocycles. The first-order valence-corrected chi connectivity index (χ1v) is 11.6. The lowest BCUT2D eigenvalue weighted by atomic mass is 10.1. The van der Waals surface area contributed by atoms with E-state index in [4.69, 9.17) is 10.1 Å². The van der Waals surface area contributed by atoms with Crippen LogP contribution in [0.3, 0.4) is 0 Å². The summed E-state index contributed by atoms with van der Waals surface area (Å²) in [6, 6.07) is 16.8. The van der Waals surface area contributed by atoms with E-state index in [2.05, 4.69) is 89.6 Å². The van der Waals surface area contributed by atoms with Gasteiger partial charge < -0.3 is 14.6 Å². The Morgan fingerprint density at radius 3 is 2.32 bits per heavy atom. The summed E-state index contributed by atoms with van der Waals surface area (Å²) < 4.78 is 2.19. The van der Waals surface area contributed by atoms with E-state index in [0.29, 0.717) is 18.5 Å². The van der Waals surface area contributed by atoms with Crippen molar-refractivity contribution in [1.29, 1.82) is 0 Å². The fraction of sp³-hybridized carbons (Fsp3) is 0.333. The van der Waals surface area contributed by atoms with E-state index in [9.17, 15) is 4.79 Å². The Kier molecular flexibility index (Phi) is 8.49. The number of aryl methyl sites for hydroxylation is 2. The van der Waals surface area contributed by atoms with Crippen molar-refractivity contribution >= 4 is 23.3 Å². The summed E-state index contributed by atoms with van der Waals surface area (Å²) in [7, 11) is 1.00. The Morgan fingerprint density at radius 1 is 0.971 bits per heavy atom. The van der Waals surface area contributed by atoms with Gasteiger partial charge >= 0.3 is 0 Å². The fourth-order valence-corrected chi connectivity index (χ4v) is 4.03. The molecule has 0 saturated heterocycles. The second-order valence-electron chi connectivity index (χ2n) is 8.15. The van der Waals surface area contributed by atoms with E-state index in [-0.39, 0.29) is 5.82 Å². The Labute approximate surface area is 201 Å². The van der Waals surface area contributed by atoms with Gasteiger partial charge in [-0.2, -0.15) is 0 Å². The fourth-order valence-electron chi connectivity index (χ4n) is 4.03. The highest BCUT2D eigenvalue weighted by Crippen LogP contribution is 2.31. The third kappa shape index (κ3) is 5.31. The van der Waals surface area contributed by atoms with Gasteiger partial charge in [-0.3, -0.25) is 4.79 Å². The van der Waals surface area contributed by atoms with Crippen molar-refractivity contribution in [2.24, 2.45) is 0 Å². The number of aliphatic hydroxyl groups is 1. The summed E-state index contributed by atoms with van der Waals surface area (Å²) in [4.78, 5) is 27.8. The second-order valence-corrected chi connectivity index (χ2v) is 8.15. The molecule has 34 heavy (non-hydrogen) atoms. The van der Waals surface area contributed by atoms with Crippen LogP contribution in [-0.2, 0) is 6.54 Å². The monoisotopic (exact) mass is 459 g/mol. The standard InChI is InChI=1S/C26H29N5O.CH4O/c1-5-14-30(6-2)26-23-24(27-22(17-32)28-26)29-25(21-9-7-8-19(4)15-21)31(23)16-20-12-10-18(3)11-13-20;1-2/h7-13,15,17H,5-6,14,16H2,1-4H3;2H,1H3. The van der Waals surface area contributed by atoms with Crippen LogP contribution in [0.15, 0.2) is 48.5 Å². The van der Waals surface area contributed by atoms with E-state index in [1.165, 1.54) is 11.1 Å². The molecule has 0 saturated carbocycles. The van der Waals surface area contributed by atoms with Crippen molar-refractivity contribution in [3.8, 4) is 11.4 Å². The Morgan fingerprint density at radius 2 is 1.71 bits per heavy atom. The maximum Gasteiger partial charge on any atom is 0.196 e. The molecule has 0 unspecified atom stereocenters. The summed E-state index contributed by atoms with van der Waals surface area (Å²) >= 11 is 0. The molecule has 178 valence electrons. The van der Waals surface area contributed by atoms with Crippen LogP contribution in [0, 0.1) is 13.8 Å². The van der Waals surface area contributed by atoms with Gasteiger partial charge in [0.1, 0.15) is 11.3 Å². The van der Waals surface area contributed by atoms with Gasteiger partial charge in [0.05, 0.1) is 0 Å². The molecular formula is C27H33N5O2. The van der Waals surface area contributed by atoms with Crippen molar-refractivity contribution in [1.82, 2.24) is 19.5 Å². The predicted molar refractivity (Wildman–Crippen MR) is 137 cm³/mol. The molecule has 0 aliphatic carbocycles. The van der Waals surface area contributed by atoms with Gasteiger partial charge in [-0.25, -0.2) is 15.0 Å². The minimum absolute atomic E-state index is 0.165. The number of rotatable bonds is 8. The van der Waals surface area contributed by atoms with Crippen molar-refractivity contribution in [2.75, 3.05) is 25.1 Å². The van der Waals surface area contributed by atoms with Gasteiger partial charge in [0.25, 0.3) is 0 Å². The predicted octanol–water partition coefficient (Wildman–Crippen LogP) is 4.82. The molecule has 7 nitrogen and oxygen atoms in total. The highest BCUT2D eigenvalue weighted by atomic mass is 16.2. The number of aliphatic hydroxyl groups excluding tert-OH is 1. The zero-order valence-electron chi connectivity index (χ0n) is 20.6. The molecule has 0 aliphatic rings. The van der Waals surface area contributed by atoms with Crippen LogP contribution in [0.1, 0.15) is 47.6 Å². The number of hydrogen-bond acceptors (Lipinski definition) is 6. The summed E-state index contributed by atoms with van der Waals surface area (Å²) in [5, 5.41) is 7.00. The lowest BCUT2D eigenvalue weighted by Crippen LogP contribution is -2.26. The molecule has 1 N–H and O–H groups in total. The molecule has 0 spiro atoms. The summed E-state index contributed by atoms with van der Waals surface area (Å²) in [5.41, 5.74) is 6.00. The van der Waals surface area contributed by atoms with E-state index in [1.807, 2.05) is 6.07 Å². The number of anilines is 1. The van der Waals surface area contributed by atoms with Crippen LogP contribution < -0.4 is 4.90 Å². The summed E-state index contributed by atoms with van der Waals surface area (Å²) in [6.45, 7) is 10.7. The van der Waals surface area contributed by atoms with Crippen molar-refractivity contribution in [2.45, 2.75) is 40.7 Å². The first kappa shape index (κ1) is 25.1. The molecule has 7 heteroatoms. The quantitative estimate of drug-likeness (QED) is 0.381. The number of carbonyl (C=O) groups excluding carboxylic acids is 1. The maximum absolute atomic E-state index is 11.6. The Bertz CT molecular complexity index is 1250. The van der Waals surface area contributed by atoms with E-state index < -0.39 is 0 Å². The molecule has 2 aromatic carbocycles. The van der Waals surface area contributed by atoms with Crippen molar-refractivity contribution in [3.63, 3.8) is 0 Å². The number of aldehydes is 1. The topological polar surface area (TPSA) is 84.1 Å². The first-order valence-electron chi connectivity index (χ1n) is 11.6. The van der Waals surface area contributed by atoms with Gasteiger partial charge in [0.15, 0.2) is 23.6 Å². The number of imidazole rings is 1. The lowest BCUT2D eigenvalue weighted by molar-refractivity contribution is 0.111. The lowest BCUT2D eigenvalue weighted by Gasteiger charge is -2.23. The van der Waals surface area contributed by atoms with Crippen LogP contribution >= 0.6 is 0 Å². The largest absolute Gasteiger partial charge is 0.400 e. The SMILES string of the molecule is CCCN(CC)c1nc(C=O)nc2nc(-c3cccc(C)c3)n(Cc3ccc(C)cc3)c12.CO. The molecule has 0 atom stereocenters. The van der Waals surface area contributed by atoms with Gasteiger partial charge in [-0.05, 0) is 38.8 Å². The molecule has 0 radical (unpaired) electrons. The normalized spacial score (nSPS) is 10.6. The average Bonchev–Trinajstić information content (AvgIpc) is 3.22. The molecule has 4 aromatic rings. The minimum Gasteiger partial charge on any atom is -0.400 e. The van der Waals surface area contributed by atoms with Crippen LogP contribution in [0.25, 0.3) is 22.6 Å². The molecule has 0 amide bonds. The molecule has 0 aliphatic heterocycles. The first-order chi connectivity index (χ1) is 16.5. The van der Waals surface area contributed by atoms with Crippen LogP contribution in [-0.4, -0.2) is 51.1 Å². The van der Waals surface area contributed by atoms with Crippen LogP contribution in [0.2, 0.25) is 0 Å². The van der Waals surface area contributed by atoms with E-state index in [1.54, 1.807) is 0 Å². The number of benzene rings is 2. The van der Waals surface area contributed by atoms with Crippen LogP contribution in [0.5, 0.6) is 0 Å². The van der Waals surface area contributed by atoms with Gasteiger partial charge in [0.2, 0.25) is 0 Å². The average molecular weight is 460 g/mol. The van der Waals surface area contributed by atoms with Gasteiger partial charge in [-0.15, -0.1) is 0 Å². The molecule has 0 fully saturated rings. The summed E-state index contributed by atoms with van der Waals surface area (Å²) in [6.07, 6.45) is 1.68. The molecule has 0 bridgehead atoms. The molecule has 4 rings (SSSR count). The summed E-state index contributed by atoms with van der Waals surface area (Å²) in [5.74, 6) is 1.76. The zero-order valence-corrected chi connectivity index (χ0v) is 20.6.